The molecule has 0 aliphatic carbocycles. The Morgan fingerprint density at radius 2 is 2.60 bits per heavy atom. The van der Waals surface area contributed by atoms with Crippen LogP contribution in [0.4, 0.5) is 0 Å². The van der Waals surface area contributed by atoms with E-state index >= 15 is 0 Å². The van der Waals surface area contributed by atoms with E-state index in [0.717, 1.165) is 19.5 Å². The molecule has 3 nitrogen and oxygen atoms in total. The van der Waals surface area contributed by atoms with Gasteiger partial charge in [0.2, 0.25) is 0 Å². The van der Waals surface area contributed by atoms with Gasteiger partial charge < -0.3 is 5.32 Å². The summed E-state index contributed by atoms with van der Waals surface area (Å²) in [6, 6.07) is 0. The molecule has 1 aromatic heterocycles. The lowest BCUT2D eigenvalue weighted by atomic mass is 10.1. The van der Waals surface area contributed by atoms with Gasteiger partial charge in [-0.05, 0) is 9.39 Å². The molecule has 0 bridgehead atoms. The van der Waals surface area contributed by atoms with E-state index in [1.807, 2.05) is 10.6 Å². The highest BCUT2D eigenvalue weighted by Gasteiger charge is 2.11. The highest BCUT2D eigenvalue weighted by atomic mass is 31.0. The van der Waals surface area contributed by atoms with E-state index in [9.17, 15) is 0 Å². The minimum absolute atomic E-state index is 0.976. The third kappa shape index (κ3) is 0.862. The summed E-state index contributed by atoms with van der Waals surface area (Å²) < 4.78 is 1.89. The van der Waals surface area contributed by atoms with Crippen LogP contribution in [0.25, 0.3) is 0 Å². The van der Waals surface area contributed by atoms with E-state index in [0.29, 0.717) is 0 Å². The zero-order chi connectivity index (χ0) is 6.97. The molecule has 2 rings (SSSR count). The molecule has 1 aliphatic heterocycles. The molecule has 0 aromatic carbocycles. The van der Waals surface area contributed by atoms with Crippen molar-refractivity contribution in [3.63, 3.8) is 0 Å². The second-order valence-corrected chi connectivity index (χ2v) is 2.98. The minimum atomic E-state index is 0.976. The number of aromatic nitrogens is 2. The second kappa shape index (κ2) is 2.33. The maximum Gasteiger partial charge on any atom is 0.0540 e. The SMILES string of the molecule is Pn1ncc2c1CCNC2. The Bertz CT molecular complexity index is 243. The van der Waals surface area contributed by atoms with Crippen molar-refractivity contribution in [2.24, 2.45) is 0 Å². The van der Waals surface area contributed by atoms with Crippen LogP contribution in [-0.2, 0) is 13.0 Å². The highest BCUT2D eigenvalue weighted by molar-refractivity contribution is 7.14. The summed E-state index contributed by atoms with van der Waals surface area (Å²) in [7, 11) is 2.59. The number of hydrogen-bond acceptors (Lipinski definition) is 2. The Morgan fingerprint density at radius 1 is 1.70 bits per heavy atom. The molecule has 2 heterocycles. The van der Waals surface area contributed by atoms with Crippen molar-refractivity contribution in [3.05, 3.63) is 17.5 Å². The molecule has 0 fully saturated rings. The summed E-state index contributed by atoms with van der Waals surface area (Å²) in [6.45, 7) is 2.05. The van der Waals surface area contributed by atoms with Gasteiger partial charge in [-0.15, -0.1) is 0 Å². The molecule has 10 heavy (non-hydrogen) atoms. The van der Waals surface area contributed by atoms with E-state index in [1.165, 1.54) is 11.3 Å². The summed E-state index contributed by atoms with van der Waals surface area (Å²) in [5.74, 6) is 0. The summed E-state index contributed by atoms with van der Waals surface area (Å²) in [6.07, 6.45) is 3.02. The van der Waals surface area contributed by atoms with Crippen LogP contribution in [0.15, 0.2) is 6.20 Å². The fraction of sp³-hybridized carbons (Fsp3) is 0.500. The number of fused-ring (bicyclic) bond motifs is 1. The first kappa shape index (κ1) is 6.32. The number of nitrogens with zero attached hydrogens (tertiary/aromatic N) is 2. The van der Waals surface area contributed by atoms with Crippen LogP contribution in [-0.4, -0.2) is 16.1 Å². The van der Waals surface area contributed by atoms with Crippen molar-refractivity contribution in [2.45, 2.75) is 13.0 Å². The Balaban J connectivity index is 2.45. The summed E-state index contributed by atoms with van der Waals surface area (Å²) in [5, 5.41) is 7.43. The molecule has 1 N–H and O–H groups in total. The summed E-state index contributed by atoms with van der Waals surface area (Å²) >= 11 is 0. The van der Waals surface area contributed by atoms with Crippen molar-refractivity contribution in [1.29, 1.82) is 0 Å². The predicted octanol–water partition coefficient (Wildman–Crippen LogP) is 0.167. The maximum absolute atomic E-state index is 4.14. The molecule has 0 spiro atoms. The standard InChI is InChI=1S/C6H10N3P/c10-9-6-1-2-7-3-5(6)4-8-9/h4,7H,1-3,10H2. The van der Waals surface area contributed by atoms with Crippen LogP contribution < -0.4 is 5.32 Å². The maximum atomic E-state index is 4.14. The molecule has 54 valence electrons. The Labute approximate surface area is 62.1 Å². The average Bonchev–Trinajstić information content (AvgIpc) is 2.34. The Kier molecular flexibility index (Phi) is 1.47. The van der Waals surface area contributed by atoms with Gasteiger partial charge in [-0.3, -0.25) is 4.45 Å². The number of hydrogen-bond donors (Lipinski definition) is 1. The second-order valence-electron chi connectivity index (χ2n) is 2.49. The summed E-state index contributed by atoms with van der Waals surface area (Å²) in [4.78, 5) is 0. The third-order valence-electron chi connectivity index (χ3n) is 1.84. The molecular formula is C6H10N3P. The largest absolute Gasteiger partial charge is 0.312 e. The molecule has 1 aliphatic rings. The number of rotatable bonds is 0. The van der Waals surface area contributed by atoms with Crippen molar-refractivity contribution < 1.29 is 0 Å². The van der Waals surface area contributed by atoms with E-state index in [2.05, 4.69) is 19.8 Å². The van der Waals surface area contributed by atoms with Crippen LogP contribution in [0.1, 0.15) is 11.3 Å². The minimum Gasteiger partial charge on any atom is -0.312 e. The fourth-order valence-electron chi connectivity index (χ4n) is 1.28. The topological polar surface area (TPSA) is 29.9 Å². The van der Waals surface area contributed by atoms with Gasteiger partial charge in [-0.2, -0.15) is 5.10 Å². The predicted molar refractivity (Wildman–Crippen MR) is 42.7 cm³/mol. The van der Waals surface area contributed by atoms with Crippen LogP contribution in [0.2, 0.25) is 0 Å². The van der Waals surface area contributed by atoms with Crippen molar-refractivity contribution >= 4 is 9.39 Å². The van der Waals surface area contributed by atoms with Gasteiger partial charge in [0.25, 0.3) is 0 Å². The Hall–Kier alpha value is -0.400. The zero-order valence-corrected chi connectivity index (χ0v) is 6.83. The first-order valence-corrected chi connectivity index (χ1v) is 3.91. The number of nitrogens with one attached hydrogen (secondary N) is 1. The first-order chi connectivity index (χ1) is 4.88. The van der Waals surface area contributed by atoms with E-state index < -0.39 is 0 Å². The van der Waals surface area contributed by atoms with Crippen LogP contribution in [0.3, 0.4) is 0 Å². The van der Waals surface area contributed by atoms with Gasteiger partial charge in [0, 0.05) is 30.8 Å². The lowest BCUT2D eigenvalue weighted by Crippen LogP contribution is -2.23. The summed E-state index contributed by atoms with van der Waals surface area (Å²) in [5.41, 5.74) is 2.69. The van der Waals surface area contributed by atoms with Crippen LogP contribution in [0.5, 0.6) is 0 Å². The zero-order valence-electron chi connectivity index (χ0n) is 5.67. The van der Waals surface area contributed by atoms with Gasteiger partial charge >= 0.3 is 0 Å². The van der Waals surface area contributed by atoms with Gasteiger partial charge in [-0.1, -0.05) is 0 Å². The smallest absolute Gasteiger partial charge is 0.0540 e. The molecule has 0 saturated heterocycles. The first-order valence-electron chi connectivity index (χ1n) is 3.39. The average molecular weight is 155 g/mol. The molecule has 0 amide bonds. The van der Waals surface area contributed by atoms with Crippen molar-refractivity contribution in [3.8, 4) is 0 Å². The highest BCUT2D eigenvalue weighted by Crippen LogP contribution is 2.14. The van der Waals surface area contributed by atoms with Crippen LogP contribution >= 0.6 is 9.39 Å². The third-order valence-corrected chi connectivity index (χ3v) is 2.28. The van der Waals surface area contributed by atoms with Gasteiger partial charge in [0.05, 0.1) is 6.20 Å². The quantitative estimate of drug-likeness (QED) is 0.541. The molecule has 4 heteroatoms. The molecule has 1 aromatic rings. The Morgan fingerprint density at radius 3 is 3.40 bits per heavy atom. The van der Waals surface area contributed by atoms with Crippen molar-refractivity contribution in [2.75, 3.05) is 6.54 Å². The van der Waals surface area contributed by atoms with E-state index in [-0.39, 0.29) is 0 Å². The lowest BCUT2D eigenvalue weighted by molar-refractivity contribution is 0.632. The van der Waals surface area contributed by atoms with E-state index in [1.54, 1.807) is 0 Å². The van der Waals surface area contributed by atoms with Gasteiger partial charge in [-0.25, -0.2) is 0 Å². The van der Waals surface area contributed by atoms with Crippen molar-refractivity contribution in [1.82, 2.24) is 14.9 Å². The lowest BCUT2D eigenvalue weighted by Gasteiger charge is -2.12. The normalized spacial score (nSPS) is 16.9. The molecule has 1 unspecified atom stereocenters. The van der Waals surface area contributed by atoms with Gasteiger partial charge in [0.1, 0.15) is 0 Å². The molecule has 1 atom stereocenters. The van der Waals surface area contributed by atoms with Crippen LogP contribution in [0, 0.1) is 0 Å². The molecule has 0 radical (unpaired) electrons. The molecular weight excluding hydrogens is 145 g/mol. The fourth-order valence-corrected chi connectivity index (χ4v) is 1.64. The molecule has 0 saturated carbocycles. The van der Waals surface area contributed by atoms with Gasteiger partial charge in [0.15, 0.2) is 0 Å². The monoisotopic (exact) mass is 155 g/mol. The van der Waals surface area contributed by atoms with E-state index in [4.69, 9.17) is 0 Å².